The number of methoxy groups -OCH3 is 3. The van der Waals surface area contributed by atoms with Crippen molar-refractivity contribution in [3.8, 4) is 23.0 Å². The van der Waals surface area contributed by atoms with Crippen LogP contribution in [0, 0.1) is 11.6 Å². The summed E-state index contributed by atoms with van der Waals surface area (Å²) in [5.41, 5.74) is 1.39. The largest absolute Gasteiger partial charge is 0.495 e. The summed E-state index contributed by atoms with van der Waals surface area (Å²) in [6, 6.07) is 6.91. The Morgan fingerprint density at radius 1 is 0.919 bits per heavy atom. The molecule has 3 aromatic rings. The highest BCUT2D eigenvalue weighted by Crippen LogP contribution is 2.34. The molecule has 1 N–H and O–H groups in total. The first-order chi connectivity index (χ1) is 17.8. The number of ether oxygens (including phenoxy) is 5. The van der Waals surface area contributed by atoms with E-state index in [9.17, 15) is 8.78 Å². The van der Waals surface area contributed by atoms with Gasteiger partial charge in [0.05, 0.1) is 57.2 Å². The second-order valence-corrected chi connectivity index (χ2v) is 8.59. The summed E-state index contributed by atoms with van der Waals surface area (Å²) >= 11 is 0. The van der Waals surface area contributed by atoms with Crippen molar-refractivity contribution in [2.45, 2.75) is 32.7 Å². The zero-order valence-corrected chi connectivity index (χ0v) is 21.4. The average molecular weight is 517 g/mol. The standard InChI is InChI=1S/C26H30F2N4O5/c1-15-12-32(13-16(2)37-15)20-7-6-17(8-21(20)33-3)31-26-29-10-18(11-30-26)36-14-19-24(27)22(34-4)9-23(35-5)25(19)28/h6-11,15-16H,12-14H2,1-5H3,(H,29,30,31)/t15-,16+. The lowest BCUT2D eigenvalue weighted by atomic mass is 10.1. The summed E-state index contributed by atoms with van der Waals surface area (Å²) in [4.78, 5) is 10.7. The molecule has 37 heavy (non-hydrogen) atoms. The van der Waals surface area contributed by atoms with Gasteiger partial charge in [-0.25, -0.2) is 18.7 Å². The van der Waals surface area contributed by atoms with Crippen LogP contribution in [-0.4, -0.2) is 56.6 Å². The first kappa shape index (κ1) is 26.2. The number of hydrogen-bond acceptors (Lipinski definition) is 9. The van der Waals surface area contributed by atoms with Gasteiger partial charge in [0.15, 0.2) is 28.9 Å². The molecule has 0 radical (unpaired) electrons. The summed E-state index contributed by atoms with van der Waals surface area (Å²) in [5, 5.41) is 3.12. The molecule has 0 aliphatic carbocycles. The number of aromatic nitrogens is 2. The molecule has 0 amide bonds. The second kappa shape index (κ2) is 11.5. The second-order valence-electron chi connectivity index (χ2n) is 8.59. The quantitative estimate of drug-likeness (QED) is 0.434. The fraction of sp³-hybridized carbons (Fsp3) is 0.385. The number of nitrogens with one attached hydrogen (secondary N) is 1. The molecular formula is C26H30F2N4O5. The SMILES string of the molecule is COc1cc(Nc2ncc(OCc3c(F)c(OC)cc(OC)c3F)cn2)ccc1N1C[C@@H](C)O[C@@H](C)C1. The van der Waals surface area contributed by atoms with Gasteiger partial charge >= 0.3 is 0 Å². The van der Waals surface area contributed by atoms with Crippen molar-refractivity contribution in [2.75, 3.05) is 44.6 Å². The minimum absolute atomic E-state index is 0.124. The smallest absolute Gasteiger partial charge is 0.227 e. The van der Waals surface area contributed by atoms with Crippen molar-refractivity contribution < 1.29 is 32.5 Å². The van der Waals surface area contributed by atoms with Crippen LogP contribution in [0.25, 0.3) is 0 Å². The van der Waals surface area contributed by atoms with E-state index < -0.39 is 18.2 Å². The van der Waals surface area contributed by atoms with E-state index in [1.54, 1.807) is 7.11 Å². The van der Waals surface area contributed by atoms with Gasteiger partial charge in [0.1, 0.15) is 12.4 Å². The summed E-state index contributed by atoms with van der Waals surface area (Å²) in [6.07, 6.45) is 3.06. The summed E-state index contributed by atoms with van der Waals surface area (Å²) in [7, 11) is 4.20. The highest BCUT2D eigenvalue weighted by Gasteiger charge is 2.25. The molecule has 1 fully saturated rings. The van der Waals surface area contributed by atoms with E-state index in [0.29, 0.717) is 11.7 Å². The Kier molecular flexibility index (Phi) is 8.12. The van der Waals surface area contributed by atoms with Gasteiger partial charge < -0.3 is 33.9 Å². The third kappa shape index (κ3) is 5.93. The number of nitrogens with zero attached hydrogens (tertiary/aromatic N) is 3. The molecule has 4 rings (SSSR count). The summed E-state index contributed by atoms with van der Waals surface area (Å²) < 4.78 is 56.0. The predicted octanol–water partition coefficient (Wildman–Crippen LogP) is 4.72. The molecule has 1 aromatic heterocycles. The third-order valence-corrected chi connectivity index (χ3v) is 5.87. The van der Waals surface area contributed by atoms with Gasteiger partial charge in [-0.15, -0.1) is 0 Å². The molecule has 198 valence electrons. The molecule has 1 saturated heterocycles. The fourth-order valence-corrected chi connectivity index (χ4v) is 4.19. The van der Waals surface area contributed by atoms with Crippen LogP contribution < -0.4 is 29.2 Å². The minimum Gasteiger partial charge on any atom is -0.495 e. The molecular weight excluding hydrogens is 486 g/mol. The Bertz CT molecular complexity index is 1190. The number of anilines is 3. The monoisotopic (exact) mass is 516 g/mol. The van der Waals surface area contributed by atoms with Crippen LogP contribution in [0.4, 0.5) is 26.1 Å². The Hall–Kier alpha value is -3.86. The van der Waals surface area contributed by atoms with Crippen molar-refractivity contribution in [2.24, 2.45) is 0 Å². The van der Waals surface area contributed by atoms with Crippen molar-refractivity contribution in [1.29, 1.82) is 0 Å². The van der Waals surface area contributed by atoms with Gasteiger partial charge in [0.2, 0.25) is 5.95 Å². The normalized spacial score (nSPS) is 17.3. The molecule has 9 nitrogen and oxygen atoms in total. The van der Waals surface area contributed by atoms with E-state index in [2.05, 4.69) is 34.0 Å². The molecule has 0 saturated carbocycles. The predicted molar refractivity (Wildman–Crippen MR) is 134 cm³/mol. The molecule has 1 aliphatic rings. The Morgan fingerprint density at radius 3 is 2.08 bits per heavy atom. The topological polar surface area (TPSA) is 87.2 Å². The number of rotatable bonds is 9. The van der Waals surface area contributed by atoms with E-state index >= 15 is 0 Å². The maximum absolute atomic E-state index is 14.5. The molecule has 0 unspecified atom stereocenters. The van der Waals surface area contributed by atoms with E-state index in [0.717, 1.165) is 30.5 Å². The molecule has 1 aliphatic heterocycles. The molecule has 2 atom stereocenters. The van der Waals surface area contributed by atoms with E-state index in [4.69, 9.17) is 23.7 Å². The maximum Gasteiger partial charge on any atom is 0.227 e. The highest BCUT2D eigenvalue weighted by atomic mass is 19.1. The molecule has 0 bridgehead atoms. The van der Waals surface area contributed by atoms with Gasteiger partial charge in [0, 0.05) is 30.9 Å². The lowest BCUT2D eigenvalue weighted by molar-refractivity contribution is -0.00532. The van der Waals surface area contributed by atoms with E-state index in [1.165, 1.54) is 26.6 Å². The molecule has 2 aromatic carbocycles. The number of morpholine rings is 1. The van der Waals surface area contributed by atoms with Crippen LogP contribution in [0.5, 0.6) is 23.0 Å². The fourth-order valence-electron chi connectivity index (χ4n) is 4.19. The van der Waals surface area contributed by atoms with Crippen molar-refractivity contribution in [3.63, 3.8) is 0 Å². The maximum atomic E-state index is 14.5. The van der Waals surface area contributed by atoms with Crippen molar-refractivity contribution in [1.82, 2.24) is 9.97 Å². The Balaban J connectivity index is 1.43. The lowest BCUT2D eigenvalue weighted by Gasteiger charge is -2.37. The molecule has 2 heterocycles. The summed E-state index contributed by atoms with van der Waals surface area (Å²) in [5.74, 6) is -0.759. The highest BCUT2D eigenvalue weighted by molar-refractivity contribution is 5.67. The van der Waals surface area contributed by atoms with Crippen LogP contribution in [0.3, 0.4) is 0 Å². The Labute approximate surface area is 214 Å². The van der Waals surface area contributed by atoms with Gasteiger partial charge in [-0.2, -0.15) is 0 Å². The van der Waals surface area contributed by atoms with Gasteiger partial charge in [-0.05, 0) is 26.0 Å². The zero-order chi connectivity index (χ0) is 26.5. The van der Waals surface area contributed by atoms with Crippen molar-refractivity contribution in [3.05, 3.63) is 53.9 Å². The number of hydrogen-bond donors (Lipinski definition) is 1. The van der Waals surface area contributed by atoms with Crippen LogP contribution in [0.1, 0.15) is 19.4 Å². The van der Waals surface area contributed by atoms with Crippen LogP contribution in [0.15, 0.2) is 36.7 Å². The minimum atomic E-state index is -0.863. The van der Waals surface area contributed by atoms with Crippen molar-refractivity contribution >= 4 is 17.3 Å². The van der Waals surface area contributed by atoms with Gasteiger partial charge in [0.25, 0.3) is 0 Å². The zero-order valence-electron chi connectivity index (χ0n) is 21.4. The Morgan fingerprint density at radius 2 is 1.51 bits per heavy atom. The van der Waals surface area contributed by atoms with E-state index in [1.807, 2.05) is 18.2 Å². The molecule has 0 spiro atoms. The van der Waals surface area contributed by atoms with Gasteiger partial charge in [-0.1, -0.05) is 0 Å². The number of benzene rings is 2. The first-order valence-electron chi connectivity index (χ1n) is 11.7. The van der Waals surface area contributed by atoms with Crippen LogP contribution in [-0.2, 0) is 11.3 Å². The van der Waals surface area contributed by atoms with Crippen LogP contribution in [0.2, 0.25) is 0 Å². The molecule has 11 heteroatoms. The average Bonchev–Trinajstić information content (AvgIpc) is 2.89. The van der Waals surface area contributed by atoms with E-state index in [-0.39, 0.29) is 35.0 Å². The lowest BCUT2D eigenvalue weighted by Crippen LogP contribution is -2.45. The van der Waals surface area contributed by atoms with Crippen LogP contribution >= 0.6 is 0 Å². The summed E-state index contributed by atoms with van der Waals surface area (Å²) in [6.45, 7) is 5.24. The first-order valence-corrected chi connectivity index (χ1v) is 11.7. The number of halogens is 2. The third-order valence-electron chi connectivity index (χ3n) is 5.87. The van der Waals surface area contributed by atoms with Gasteiger partial charge in [-0.3, -0.25) is 0 Å².